The van der Waals surface area contributed by atoms with Gasteiger partial charge in [0, 0.05) is 12.1 Å². The van der Waals surface area contributed by atoms with Gasteiger partial charge >= 0.3 is 5.97 Å². The van der Waals surface area contributed by atoms with Gasteiger partial charge < -0.3 is 14.9 Å². The largest absolute Gasteiger partial charge is 0.504 e. The van der Waals surface area contributed by atoms with E-state index in [1.807, 2.05) is 0 Å². The summed E-state index contributed by atoms with van der Waals surface area (Å²) in [6.07, 6.45) is 0. The summed E-state index contributed by atoms with van der Waals surface area (Å²) in [5, 5.41) is 18.3. The van der Waals surface area contributed by atoms with E-state index in [9.17, 15) is 14.7 Å². The van der Waals surface area contributed by atoms with E-state index in [2.05, 4.69) is 4.74 Å². The Morgan fingerprint density at radius 1 is 1.27 bits per heavy atom. The third kappa shape index (κ3) is 2.70. The Morgan fingerprint density at radius 3 is 2.47 bits per heavy atom. The average molecular weight is 210 g/mol. The zero-order valence-electron chi connectivity index (χ0n) is 8.06. The zero-order valence-corrected chi connectivity index (χ0v) is 8.06. The highest BCUT2D eigenvalue weighted by molar-refractivity contribution is 5.89. The molecule has 2 N–H and O–H groups in total. The molecule has 0 radical (unpaired) electrons. The minimum absolute atomic E-state index is 0.0975. The van der Waals surface area contributed by atoms with E-state index in [1.54, 1.807) is 6.92 Å². The van der Waals surface area contributed by atoms with Gasteiger partial charge in [0.2, 0.25) is 0 Å². The first-order chi connectivity index (χ1) is 7.04. The molecule has 0 heterocycles. The minimum Gasteiger partial charge on any atom is -0.504 e. The van der Waals surface area contributed by atoms with Gasteiger partial charge in [0.15, 0.2) is 16.9 Å². The third-order valence-corrected chi connectivity index (χ3v) is 1.64. The lowest BCUT2D eigenvalue weighted by atomic mass is 10.3. The maximum absolute atomic E-state index is 11.2. The second-order valence-electron chi connectivity index (χ2n) is 2.78. The smallest absolute Gasteiger partial charge is 0.338 e. The van der Waals surface area contributed by atoms with Crippen LogP contribution in [0.15, 0.2) is 23.0 Å². The van der Waals surface area contributed by atoms with Crippen molar-refractivity contribution in [3.05, 3.63) is 34.0 Å². The Kier molecular flexibility index (Phi) is 3.28. The molecule has 0 spiro atoms. The topological polar surface area (TPSA) is 83.8 Å². The number of carbonyl (C=O) groups excluding carboxylic acids is 1. The van der Waals surface area contributed by atoms with E-state index < -0.39 is 22.9 Å². The second-order valence-corrected chi connectivity index (χ2v) is 2.78. The number of rotatable bonds is 2. The summed E-state index contributed by atoms with van der Waals surface area (Å²) in [7, 11) is 0. The van der Waals surface area contributed by atoms with Crippen LogP contribution in [0.4, 0.5) is 0 Å². The van der Waals surface area contributed by atoms with Gasteiger partial charge in [-0.3, -0.25) is 4.79 Å². The molecule has 0 bridgehead atoms. The van der Waals surface area contributed by atoms with E-state index in [4.69, 9.17) is 5.11 Å². The molecule has 0 saturated carbocycles. The Morgan fingerprint density at radius 2 is 1.87 bits per heavy atom. The molecule has 0 fully saturated rings. The van der Waals surface area contributed by atoms with Crippen LogP contribution in [0, 0.1) is 0 Å². The lowest BCUT2D eigenvalue weighted by Crippen LogP contribution is -2.06. The SMILES string of the molecule is CCOC(=O)c1cc(O)c(O)cc(=O)c1. The van der Waals surface area contributed by atoms with E-state index in [0.717, 1.165) is 18.2 Å². The molecule has 1 aromatic rings. The predicted octanol–water partition coefficient (Wildman–Crippen LogP) is 0.635. The molecule has 80 valence electrons. The van der Waals surface area contributed by atoms with Crippen molar-refractivity contribution < 1.29 is 19.7 Å². The Hall–Kier alpha value is -2.04. The number of ether oxygens (including phenoxy) is 1. The highest BCUT2D eigenvalue weighted by Gasteiger charge is 2.09. The fourth-order valence-electron chi connectivity index (χ4n) is 0.999. The van der Waals surface area contributed by atoms with Crippen LogP contribution >= 0.6 is 0 Å². The summed E-state index contributed by atoms with van der Waals surface area (Å²) in [5.74, 6) is -1.84. The summed E-state index contributed by atoms with van der Waals surface area (Å²) in [6.45, 7) is 1.79. The quantitative estimate of drug-likeness (QED) is 0.699. The fourth-order valence-corrected chi connectivity index (χ4v) is 0.999. The van der Waals surface area contributed by atoms with Gasteiger partial charge in [-0.05, 0) is 13.0 Å². The van der Waals surface area contributed by atoms with Crippen molar-refractivity contribution >= 4 is 5.97 Å². The van der Waals surface area contributed by atoms with E-state index >= 15 is 0 Å². The van der Waals surface area contributed by atoms with Crippen LogP contribution < -0.4 is 5.43 Å². The molecular formula is C10H10O5. The van der Waals surface area contributed by atoms with Crippen LogP contribution in [0.3, 0.4) is 0 Å². The average Bonchev–Trinajstić information content (AvgIpc) is 2.27. The number of esters is 1. The lowest BCUT2D eigenvalue weighted by Gasteiger charge is -1.98. The molecule has 0 aromatic heterocycles. The van der Waals surface area contributed by atoms with Crippen molar-refractivity contribution in [1.82, 2.24) is 0 Å². The Balaban J connectivity index is 3.27. The first-order valence-electron chi connectivity index (χ1n) is 4.29. The summed E-state index contributed by atoms with van der Waals surface area (Å²) in [4.78, 5) is 22.3. The van der Waals surface area contributed by atoms with Crippen LogP contribution in [0.5, 0.6) is 11.5 Å². The fraction of sp³-hybridized carbons (Fsp3) is 0.200. The Labute approximate surface area is 85.6 Å². The normalized spacial score (nSPS) is 9.67. The van der Waals surface area contributed by atoms with Crippen LogP contribution in [-0.2, 0) is 4.74 Å². The third-order valence-electron chi connectivity index (χ3n) is 1.64. The predicted molar refractivity (Wildman–Crippen MR) is 52.0 cm³/mol. The number of carbonyl (C=O) groups is 1. The molecule has 0 aliphatic heterocycles. The molecule has 0 saturated heterocycles. The molecule has 15 heavy (non-hydrogen) atoms. The number of hydrogen-bond acceptors (Lipinski definition) is 5. The molecule has 0 aliphatic rings. The van der Waals surface area contributed by atoms with Crippen LogP contribution in [0.2, 0.25) is 0 Å². The molecule has 5 nitrogen and oxygen atoms in total. The zero-order chi connectivity index (χ0) is 11.4. The van der Waals surface area contributed by atoms with Crippen molar-refractivity contribution in [3.8, 4) is 11.5 Å². The number of aromatic hydroxyl groups is 2. The minimum atomic E-state index is -0.722. The molecular weight excluding hydrogens is 200 g/mol. The summed E-state index contributed by atoms with van der Waals surface area (Å²) >= 11 is 0. The molecule has 0 unspecified atom stereocenters. The van der Waals surface area contributed by atoms with Crippen LogP contribution in [-0.4, -0.2) is 22.8 Å². The van der Waals surface area contributed by atoms with Crippen molar-refractivity contribution in [2.75, 3.05) is 6.61 Å². The van der Waals surface area contributed by atoms with E-state index in [0.29, 0.717) is 0 Å². The molecule has 0 amide bonds. The molecule has 1 aromatic carbocycles. The van der Waals surface area contributed by atoms with Crippen molar-refractivity contribution in [2.45, 2.75) is 6.92 Å². The van der Waals surface area contributed by atoms with Gasteiger partial charge in [0.25, 0.3) is 0 Å². The molecule has 0 atom stereocenters. The van der Waals surface area contributed by atoms with Gasteiger partial charge in [-0.25, -0.2) is 4.79 Å². The number of hydrogen-bond donors (Lipinski definition) is 2. The highest BCUT2D eigenvalue weighted by atomic mass is 16.5. The van der Waals surface area contributed by atoms with Crippen LogP contribution in [0.25, 0.3) is 0 Å². The van der Waals surface area contributed by atoms with Crippen molar-refractivity contribution in [2.24, 2.45) is 0 Å². The van der Waals surface area contributed by atoms with Gasteiger partial charge in [0.05, 0.1) is 12.2 Å². The Bertz CT molecular complexity index is 438. The maximum Gasteiger partial charge on any atom is 0.338 e. The first-order valence-corrected chi connectivity index (χ1v) is 4.29. The summed E-state index contributed by atoms with van der Waals surface area (Å²) < 4.78 is 4.65. The van der Waals surface area contributed by atoms with Gasteiger partial charge in [-0.1, -0.05) is 0 Å². The summed E-state index contributed by atoms with van der Waals surface area (Å²) in [5.41, 5.74) is -0.685. The maximum atomic E-state index is 11.2. The van der Waals surface area contributed by atoms with Crippen molar-refractivity contribution in [3.63, 3.8) is 0 Å². The van der Waals surface area contributed by atoms with Crippen LogP contribution in [0.1, 0.15) is 17.3 Å². The highest BCUT2D eigenvalue weighted by Crippen LogP contribution is 2.21. The second kappa shape index (κ2) is 4.45. The van der Waals surface area contributed by atoms with E-state index in [1.165, 1.54) is 0 Å². The van der Waals surface area contributed by atoms with E-state index in [-0.39, 0.29) is 12.2 Å². The molecule has 1 rings (SSSR count). The van der Waals surface area contributed by atoms with Crippen molar-refractivity contribution in [1.29, 1.82) is 0 Å². The van der Waals surface area contributed by atoms with Gasteiger partial charge in [-0.2, -0.15) is 0 Å². The molecule has 5 heteroatoms. The summed E-state index contributed by atoms with van der Waals surface area (Å²) in [6, 6.07) is 2.78. The monoisotopic (exact) mass is 210 g/mol. The first kappa shape index (κ1) is 11.0. The van der Waals surface area contributed by atoms with Gasteiger partial charge in [-0.15, -0.1) is 0 Å². The molecule has 0 aliphatic carbocycles. The standard InChI is InChI=1S/C10H10O5/c1-2-15-10(14)6-3-7(11)5-9(13)8(12)4-6/h3-5,12-13H,2H2,1H3. The van der Waals surface area contributed by atoms with Gasteiger partial charge in [0.1, 0.15) is 0 Å². The lowest BCUT2D eigenvalue weighted by molar-refractivity contribution is 0.0526.